The van der Waals surface area contributed by atoms with Crippen molar-refractivity contribution in [3.63, 3.8) is 0 Å². The van der Waals surface area contributed by atoms with E-state index in [0.717, 1.165) is 18.0 Å². The van der Waals surface area contributed by atoms with E-state index in [-0.39, 0.29) is 0 Å². The summed E-state index contributed by atoms with van der Waals surface area (Å²) in [7, 11) is 0. The van der Waals surface area contributed by atoms with Gasteiger partial charge in [-0.3, -0.25) is 0 Å². The van der Waals surface area contributed by atoms with Gasteiger partial charge >= 0.3 is 0 Å². The summed E-state index contributed by atoms with van der Waals surface area (Å²) < 4.78 is 0. The Kier molecular flexibility index (Phi) is 3.23. The fourth-order valence-electron chi connectivity index (χ4n) is 2.79. The van der Waals surface area contributed by atoms with Crippen LogP contribution < -0.4 is 10.6 Å². The fourth-order valence-corrected chi connectivity index (χ4v) is 2.79. The van der Waals surface area contributed by atoms with Crippen molar-refractivity contribution < 1.29 is 0 Å². The second-order valence-electron chi connectivity index (χ2n) is 4.69. The van der Waals surface area contributed by atoms with Gasteiger partial charge in [0.2, 0.25) is 0 Å². The molecule has 0 spiro atoms. The maximum absolute atomic E-state index is 3.76. The van der Waals surface area contributed by atoms with Crippen molar-refractivity contribution in [3.05, 3.63) is 0 Å². The maximum atomic E-state index is 3.76. The van der Waals surface area contributed by atoms with Gasteiger partial charge in [0.05, 0.1) is 0 Å². The van der Waals surface area contributed by atoms with Gasteiger partial charge in [0.1, 0.15) is 0 Å². The molecule has 2 unspecified atom stereocenters. The van der Waals surface area contributed by atoms with Crippen molar-refractivity contribution in [1.82, 2.24) is 10.6 Å². The molecule has 0 saturated carbocycles. The first-order valence-electron chi connectivity index (χ1n) is 5.83. The Morgan fingerprint density at radius 1 is 1.00 bits per heavy atom. The lowest BCUT2D eigenvalue weighted by Gasteiger charge is -2.36. The molecule has 2 aliphatic heterocycles. The molecular weight excluding hydrogens is 160 g/mol. The topological polar surface area (TPSA) is 24.1 Å². The Balaban J connectivity index is 1.83. The zero-order chi connectivity index (χ0) is 9.10. The average molecular weight is 182 g/mol. The predicted molar refractivity (Wildman–Crippen MR) is 55.8 cm³/mol. The number of nitrogens with one attached hydrogen (secondary N) is 2. The third kappa shape index (κ3) is 2.44. The first-order chi connectivity index (χ1) is 6.36. The van der Waals surface area contributed by atoms with E-state index >= 15 is 0 Å². The van der Waals surface area contributed by atoms with Crippen molar-refractivity contribution >= 4 is 0 Å². The lowest BCUT2D eigenvalue weighted by Crippen LogP contribution is -2.47. The lowest BCUT2D eigenvalue weighted by atomic mass is 9.84. The Labute approximate surface area is 81.5 Å². The Morgan fingerprint density at radius 3 is 2.46 bits per heavy atom. The summed E-state index contributed by atoms with van der Waals surface area (Å²) in [5.74, 6) is 0.948. The third-order valence-corrected chi connectivity index (χ3v) is 3.60. The standard InChI is InChI=1S/C11H22N2/c1-9-3-2-4-11(13-9)10-5-7-12-8-6-10/h9-13H,2-8H2,1H3. The van der Waals surface area contributed by atoms with E-state index in [2.05, 4.69) is 17.6 Å². The highest BCUT2D eigenvalue weighted by Crippen LogP contribution is 2.24. The largest absolute Gasteiger partial charge is 0.317 e. The minimum absolute atomic E-state index is 0.758. The van der Waals surface area contributed by atoms with Crippen molar-refractivity contribution in [2.45, 2.75) is 51.1 Å². The lowest BCUT2D eigenvalue weighted by molar-refractivity contribution is 0.217. The highest BCUT2D eigenvalue weighted by atomic mass is 15.0. The summed E-state index contributed by atoms with van der Waals surface area (Å²) in [4.78, 5) is 0. The van der Waals surface area contributed by atoms with Crippen LogP contribution in [0.1, 0.15) is 39.0 Å². The second-order valence-corrected chi connectivity index (χ2v) is 4.69. The molecule has 0 aromatic rings. The summed E-state index contributed by atoms with van der Waals surface area (Å²) >= 11 is 0. The van der Waals surface area contributed by atoms with Gasteiger partial charge in [-0.1, -0.05) is 6.42 Å². The number of piperidine rings is 2. The van der Waals surface area contributed by atoms with Gasteiger partial charge in [-0.2, -0.15) is 0 Å². The molecule has 2 atom stereocenters. The van der Waals surface area contributed by atoms with E-state index in [1.165, 1.54) is 45.2 Å². The number of rotatable bonds is 1. The molecule has 0 radical (unpaired) electrons. The van der Waals surface area contributed by atoms with Crippen molar-refractivity contribution in [3.8, 4) is 0 Å². The molecule has 2 nitrogen and oxygen atoms in total. The van der Waals surface area contributed by atoms with E-state index in [9.17, 15) is 0 Å². The quantitative estimate of drug-likeness (QED) is 0.642. The van der Waals surface area contributed by atoms with Crippen LogP contribution in [0.5, 0.6) is 0 Å². The minimum atomic E-state index is 0.758. The molecule has 0 aromatic carbocycles. The van der Waals surface area contributed by atoms with Gasteiger partial charge in [0.15, 0.2) is 0 Å². The smallest absolute Gasteiger partial charge is 0.00987 e. The van der Waals surface area contributed by atoms with Gasteiger partial charge in [-0.15, -0.1) is 0 Å². The second kappa shape index (κ2) is 4.43. The highest BCUT2D eigenvalue weighted by molar-refractivity contribution is 4.85. The van der Waals surface area contributed by atoms with Crippen LogP contribution in [-0.4, -0.2) is 25.2 Å². The zero-order valence-electron chi connectivity index (χ0n) is 8.68. The fraction of sp³-hybridized carbons (Fsp3) is 1.00. The molecule has 0 bridgehead atoms. The van der Waals surface area contributed by atoms with Crippen molar-refractivity contribution in [2.75, 3.05) is 13.1 Å². The average Bonchev–Trinajstić information content (AvgIpc) is 2.19. The molecule has 2 heterocycles. The number of hydrogen-bond acceptors (Lipinski definition) is 2. The molecule has 2 saturated heterocycles. The molecule has 2 rings (SSSR count). The molecule has 2 N–H and O–H groups in total. The van der Waals surface area contributed by atoms with E-state index in [0.29, 0.717) is 0 Å². The molecule has 0 aliphatic carbocycles. The minimum Gasteiger partial charge on any atom is -0.317 e. The number of hydrogen-bond donors (Lipinski definition) is 2. The molecule has 2 aliphatic rings. The van der Waals surface area contributed by atoms with Crippen LogP contribution >= 0.6 is 0 Å². The van der Waals surface area contributed by atoms with Crippen molar-refractivity contribution in [1.29, 1.82) is 0 Å². The normalized spacial score (nSPS) is 37.6. The summed E-state index contributed by atoms with van der Waals surface area (Å²) in [6.45, 7) is 4.79. The maximum Gasteiger partial charge on any atom is 0.00987 e. The van der Waals surface area contributed by atoms with Crippen LogP contribution in [0.3, 0.4) is 0 Å². The first-order valence-corrected chi connectivity index (χ1v) is 5.83. The molecule has 2 fully saturated rings. The molecule has 0 amide bonds. The van der Waals surface area contributed by atoms with Gasteiger partial charge in [-0.05, 0) is 51.6 Å². The SMILES string of the molecule is CC1CCCC(C2CCNCC2)N1. The first kappa shape index (κ1) is 9.47. The van der Waals surface area contributed by atoms with E-state index in [1.54, 1.807) is 0 Å². The summed E-state index contributed by atoms with van der Waals surface area (Å²) in [6.07, 6.45) is 6.98. The molecule has 2 heteroatoms. The Bertz CT molecular complexity index is 152. The van der Waals surface area contributed by atoms with Crippen LogP contribution in [-0.2, 0) is 0 Å². The van der Waals surface area contributed by atoms with Crippen LogP contribution in [0.25, 0.3) is 0 Å². The predicted octanol–water partition coefficient (Wildman–Crippen LogP) is 1.52. The van der Waals surface area contributed by atoms with E-state index in [1.807, 2.05) is 0 Å². The molecule has 13 heavy (non-hydrogen) atoms. The summed E-state index contributed by atoms with van der Waals surface area (Å²) in [5, 5.41) is 7.20. The van der Waals surface area contributed by atoms with Gasteiger partial charge < -0.3 is 10.6 Å². The van der Waals surface area contributed by atoms with Gasteiger partial charge in [0.25, 0.3) is 0 Å². The Morgan fingerprint density at radius 2 is 1.77 bits per heavy atom. The molecule has 76 valence electrons. The zero-order valence-corrected chi connectivity index (χ0v) is 8.68. The van der Waals surface area contributed by atoms with Gasteiger partial charge in [-0.25, -0.2) is 0 Å². The Hall–Kier alpha value is -0.0800. The summed E-state index contributed by atoms with van der Waals surface area (Å²) in [5.41, 5.74) is 0. The monoisotopic (exact) mass is 182 g/mol. The van der Waals surface area contributed by atoms with Crippen LogP contribution in [0.15, 0.2) is 0 Å². The highest BCUT2D eigenvalue weighted by Gasteiger charge is 2.26. The van der Waals surface area contributed by atoms with Crippen LogP contribution in [0.4, 0.5) is 0 Å². The van der Waals surface area contributed by atoms with E-state index < -0.39 is 0 Å². The van der Waals surface area contributed by atoms with Crippen molar-refractivity contribution in [2.24, 2.45) is 5.92 Å². The molecule has 0 aromatic heterocycles. The van der Waals surface area contributed by atoms with Gasteiger partial charge in [0, 0.05) is 12.1 Å². The van der Waals surface area contributed by atoms with Crippen LogP contribution in [0, 0.1) is 5.92 Å². The third-order valence-electron chi connectivity index (χ3n) is 3.60. The molecular formula is C11H22N2. The van der Waals surface area contributed by atoms with Crippen LogP contribution in [0.2, 0.25) is 0 Å². The summed E-state index contributed by atoms with van der Waals surface area (Å²) in [6, 6.07) is 1.58. The van der Waals surface area contributed by atoms with E-state index in [4.69, 9.17) is 0 Å².